The van der Waals surface area contributed by atoms with Gasteiger partial charge in [0.15, 0.2) is 0 Å². The van der Waals surface area contributed by atoms with Crippen molar-refractivity contribution in [2.24, 2.45) is 0 Å². The number of nitrogens with zero attached hydrogens (tertiary/aromatic N) is 3. The Kier molecular flexibility index (Phi) is 9.75. The second kappa shape index (κ2) is 13.5. The number of fused-ring (bicyclic) bond motifs is 2. The number of carboxylic acids is 1. The number of piperidine rings is 1. The van der Waals surface area contributed by atoms with E-state index in [0.717, 1.165) is 94.3 Å². The molecule has 232 valence electrons. The summed E-state index contributed by atoms with van der Waals surface area (Å²) in [6, 6.07) is 12.0. The van der Waals surface area contributed by atoms with Gasteiger partial charge in [-0.15, -0.1) is 0 Å². The molecule has 1 fully saturated rings. The predicted octanol–water partition coefficient (Wildman–Crippen LogP) is 8.08. The number of nitro benzene ring substituents is 1. The number of rotatable bonds is 14. The standard InChI is InChI=1S/C35H47N3O5/c1-34(2)30-16-11-12-17-31(30)37(23-15-8-6-4-3-5-7-10-18-32(39)40)35(34)20-19-27-24-29(38(41)42)25-28(33(27)43-35)26-36-21-13-9-14-22-36/h11-12,16-17,19-20,24-25H,3-10,13-15,18,21-23,26H2,1-2H3,(H,39,40). The fraction of sp³-hybridized carbons (Fsp3) is 0.571. The van der Waals surface area contributed by atoms with Crippen molar-refractivity contribution in [3.8, 4) is 5.75 Å². The number of ether oxygens (including phenoxy) is 1. The maximum Gasteiger partial charge on any atom is 0.303 e. The Morgan fingerprint density at radius 3 is 2.35 bits per heavy atom. The van der Waals surface area contributed by atoms with Crippen molar-refractivity contribution in [1.82, 2.24) is 4.90 Å². The lowest BCUT2D eigenvalue weighted by molar-refractivity contribution is -0.385. The van der Waals surface area contributed by atoms with Crippen LogP contribution in [0.5, 0.6) is 5.75 Å². The molecule has 5 rings (SSSR count). The third-order valence-electron chi connectivity index (χ3n) is 9.67. The van der Waals surface area contributed by atoms with Crippen LogP contribution in [0.4, 0.5) is 11.4 Å². The fourth-order valence-corrected chi connectivity index (χ4v) is 7.24. The Bertz CT molecular complexity index is 1330. The first-order valence-electron chi connectivity index (χ1n) is 16.2. The van der Waals surface area contributed by atoms with E-state index in [1.54, 1.807) is 12.1 Å². The summed E-state index contributed by atoms with van der Waals surface area (Å²) in [4.78, 5) is 27.1. The van der Waals surface area contributed by atoms with Gasteiger partial charge in [-0.2, -0.15) is 0 Å². The van der Waals surface area contributed by atoms with Crippen molar-refractivity contribution in [2.45, 2.75) is 109 Å². The molecule has 0 aliphatic carbocycles. The largest absolute Gasteiger partial charge is 0.481 e. The number of likely N-dealkylation sites (tertiary alicyclic amines) is 1. The van der Waals surface area contributed by atoms with Crippen molar-refractivity contribution in [3.05, 3.63) is 69.3 Å². The van der Waals surface area contributed by atoms with Gasteiger partial charge < -0.3 is 14.7 Å². The molecule has 8 heteroatoms. The monoisotopic (exact) mass is 589 g/mol. The van der Waals surface area contributed by atoms with Gasteiger partial charge in [0.05, 0.1) is 10.3 Å². The number of aliphatic carboxylic acids is 1. The van der Waals surface area contributed by atoms with Crippen molar-refractivity contribution >= 4 is 23.4 Å². The molecular weight excluding hydrogens is 542 g/mol. The van der Waals surface area contributed by atoms with Crippen LogP contribution in [-0.2, 0) is 16.8 Å². The zero-order valence-corrected chi connectivity index (χ0v) is 25.9. The number of hydrogen-bond acceptors (Lipinski definition) is 6. The molecule has 8 nitrogen and oxygen atoms in total. The molecule has 2 aromatic carbocycles. The Morgan fingerprint density at radius 2 is 1.65 bits per heavy atom. The molecular formula is C35H47N3O5. The van der Waals surface area contributed by atoms with Gasteiger partial charge in [0.2, 0.25) is 5.72 Å². The fourth-order valence-electron chi connectivity index (χ4n) is 7.24. The van der Waals surface area contributed by atoms with Crippen LogP contribution >= 0.6 is 0 Å². The number of para-hydroxylation sites is 1. The molecule has 1 N–H and O–H groups in total. The summed E-state index contributed by atoms with van der Waals surface area (Å²) in [5, 5.41) is 20.7. The lowest BCUT2D eigenvalue weighted by Gasteiger charge is -2.47. The number of nitro groups is 1. The van der Waals surface area contributed by atoms with Gasteiger partial charge in [0.25, 0.3) is 5.69 Å². The van der Waals surface area contributed by atoms with E-state index < -0.39 is 11.7 Å². The average Bonchev–Trinajstić information content (AvgIpc) is 3.17. The summed E-state index contributed by atoms with van der Waals surface area (Å²) >= 11 is 0. The first-order valence-corrected chi connectivity index (χ1v) is 16.2. The Labute approximate surface area is 255 Å². The molecule has 1 unspecified atom stereocenters. The highest BCUT2D eigenvalue weighted by Crippen LogP contribution is 2.55. The van der Waals surface area contributed by atoms with E-state index >= 15 is 0 Å². The molecule has 3 heterocycles. The Balaban J connectivity index is 1.34. The van der Waals surface area contributed by atoms with Gasteiger partial charge >= 0.3 is 5.97 Å². The summed E-state index contributed by atoms with van der Waals surface area (Å²) in [7, 11) is 0. The van der Waals surface area contributed by atoms with Gasteiger partial charge in [-0.25, -0.2) is 0 Å². The molecule has 0 bridgehead atoms. The summed E-state index contributed by atoms with van der Waals surface area (Å²) < 4.78 is 7.20. The number of benzene rings is 2. The molecule has 1 spiro atoms. The van der Waals surface area contributed by atoms with E-state index in [1.165, 1.54) is 24.1 Å². The lowest BCUT2D eigenvalue weighted by atomic mass is 9.76. The SMILES string of the molecule is CC1(C)c2ccccc2N(CCCCCCCCCCC(=O)O)C12C=Cc1cc([N+](=O)[O-])cc(CN3CCCCC3)c1O2. The highest BCUT2D eigenvalue weighted by Gasteiger charge is 2.58. The molecule has 1 atom stereocenters. The zero-order valence-electron chi connectivity index (χ0n) is 25.9. The van der Waals surface area contributed by atoms with E-state index in [1.807, 2.05) is 0 Å². The van der Waals surface area contributed by atoms with E-state index in [9.17, 15) is 14.9 Å². The Hall–Kier alpha value is -3.39. The van der Waals surface area contributed by atoms with Gasteiger partial charge in [0.1, 0.15) is 5.75 Å². The number of anilines is 1. The van der Waals surface area contributed by atoms with Crippen LogP contribution in [0.25, 0.3) is 6.08 Å². The minimum atomic E-state index is -0.736. The first-order chi connectivity index (χ1) is 20.7. The van der Waals surface area contributed by atoms with Gasteiger partial charge in [-0.05, 0) is 76.4 Å². The number of unbranched alkanes of at least 4 members (excludes halogenated alkanes) is 7. The minimum Gasteiger partial charge on any atom is -0.481 e. The number of carboxylic acid groups (broad SMARTS) is 1. The smallest absolute Gasteiger partial charge is 0.303 e. The summed E-state index contributed by atoms with van der Waals surface area (Å²) in [5.74, 6) is 0.0664. The number of hydrogen-bond donors (Lipinski definition) is 1. The summed E-state index contributed by atoms with van der Waals surface area (Å²) in [6.07, 6.45) is 16.5. The van der Waals surface area contributed by atoms with E-state index in [2.05, 4.69) is 60.1 Å². The van der Waals surface area contributed by atoms with Gasteiger partial charge in [-0.3, -0.25) is 19.8 Å². The molecule has 1 saturated heterocycles. The third-order valence-corrected chi connectivity index (χ3v) is 9.67. The predicted molar refractivity (Wildman–Crippen MR) is 171 cm³/mol. The number of non-ortho nitro benzene ring substituents is 1. The molecule has 43 heavy (non-hydrogen) atoms. The maximum absolute atomic E-state index is 11.9. The summed E-state index contributed by atoms with van der Waals surface area (Å²) in [6.45, 7) is 8.01. The van der Waals surface area contributed by atoms with Crippen LogP contribution in [0.2, 0.25) is 0 Å². The first kappa shape index (κ1) is 31.0. The van der Waals surface area contributed by atoms with Crippen LogP contribution in [-0.4, -0.2) is 46.3 Å². The molecule has 0 saturated carbocycles. The normalized spacial score (nSPS) is 20.6. The zero-order chi connectivity index (χ0) is 30.5. The average molecular weight is 590 g/mol. The molecule has 0 radical (unpaired) electrons. The lowest BCUT2D eigenvalue weighted by Crippen LogP contribution is -2.59. The van der Waals surface area contributed by atoms with Crippen LogP contribution in [0.3, 0.4) is 0 Å². The molecule has 0 aromatic heterocycles. The van der Waals surface area contributed by atoms with Crippen LogP contribution in [0.15, 0.2) is 42.5 Å². The van der Waals surface area contributed by atoms with Crippen molar-refractivity contribution < 1.29 is 19.6 Å². The van der Waals surface area contributed by atoms with Gasteiger partial charge in [0, 0.05) is 48.5 Å². The van der Waals surface area contributed by atoms with Crippen molar-refractivity contribution in [1.29, 1.82) is 0 Å². The van der Waals surface area contributed by atoms with E-state index in [4.69, 9.17) is 9.84 Å². The van der Waals surface area contributed by atoms with Gasteiger partial charge in [-0.1, -0.05) is 63.1 Å². The van der Waals surface area contributed by atoms with Crippen molar-refractivity contribution in [2.75, 3.05) is 24.5 Å². The Morgan fingerprint density at radius 1 is 0.977 bits per heavy atom. The maximum atomic E-state index is 11.9. The minimum absolute atomic E-state index is 0.114. The molecule has 0 amide bonds. The summed E-state index contributed by atoms with van der Waals surface area (Å²) in [5.41, 5.74) is 3.15. The quantitative estimate of drug-likeness (QED) is 0.135. The highest BCUT2D eigenvalue weighted by atomic mass is 16.6. The molecule has 3 aliphatic heterocycles. The third kappa shape index (κ3) is 6.59. The second-order valence-corrected chi connectivity index (χ2v) is 13.0. The van der Waals surface area contributed by atoms with E-state index in [-0.39, 0.29) is 22.4 Å². The number of carbonyl (C=O) groups is 1. The molecule has 2 aromatic rings. The van der Waals surface area contributed by atoms with Crippen LogP contribution in [0.1, 0.15) is 108 Å². The van der Waals surface area contributed by atoms with Crippen molar-refractivity contribution in [3.63, 3.8) is 0 Å². The van der Waals surface area contributed by atoms with Crippen LogP contribution < -0.4 is 9.64 Å². The second-order valence-electron chi connectivity index (χ2n) is 13.0. The van der Waals surface area contributed by atoms with Crippen LogP contribution in [0, 0.1) is 10.1 Å². The van der Waals surface area contributed by atoms with E-state index in [0.29, 0.717) is 6.54 Å². The topological polar surface area (TPSA) is 96.2 Å². The molecule has 3 aliphatic rings. The highest BCUT2D eigenvalue weighted by molar-refractivity contribution is 5.74.